The first kappa shape index (κ1) is 14.0. The largest absolute Gasteiger partial charge is 0.396 e. The minimum absolute atomic E-state index is 0.229. The van der Waals surface area contributed by atoms with Crippen molar-refractivity contribution in [3.8, 4) is 0 Å². The standard InChI is InChI=1S/C12H17BrClNO/c1-2-11(5-6-16)15-8-9-3-4-10(14)7-12(9)13/h3-4,7,11,15-16H,2,5-6,8H2,1H3. The molecule has 2 N–H and O–H groups in total. The van der Waals surface area contributed by atoms with Crippen molar-refractivity contribution in [1.82, 2.24) is 5.32 Å². The van der Waals surface area contributed by atoms with E-state index in [1.807, 2.05) is 18.2 Å². The maximum absolute atomic E-state index is 8.89. The number of aliphatic hydroxyl groups is 1. The monoisotopic (exact) mass is 305 g/mol. The fourth-order valence-corrected chi connectivity index (χ4v) is 2.35. The van der Waals surface area contributed by atoms with Crippen molar-refractivity contribution in [2.75, 3.05) is 6.61 Å². The Morgan fingerprint density at radius 1 is 1.50 bits per heavy atom. The molecule has 1 aromatic carbocycles. The van der Waals surface area contributed by atoms with Crippen LogP contribution in [-0.2, 0) is 6.54 Å². The van der Waals surface area contributed by atoms with E-state index < -0.39 is 0 Å². The molecule has 4 heteroatoms. The van der Waals surface area contributed by atoms with E-state index in [0.29, 0.717) is 6.04 Å². The Morgan fingerprint density at radius 3 is 2.81 bits per heavy atom. The van der Waals surface area contributed by atoms with Gasteiger partial charge in [-0.2, -0.15) is 0 Å². The van der Waals surface area contributed by atoms with Gasteiger partial charge in [0.2, 0.25) is 0 Å². The lowest BCUT2D eigenvalue weighted by Gasteiger charge is -2.16. The molecule has 0 saturated carbocycles. The molecule has 0 spiro atoms. The SMILES string of the molecule is CCC(CCO)NCc1ccc(Cl)cc1Br. The Labute approximate surface area is 110 Å². The Kier molecular flexibility index (Phi) is 6.36. The van der Waals surface area contributed by atoms with E-state index in [9.17, 15) is 0 Å². The summed E-state index contributed by atoms with van der Waals surface area (Å²) in [5.74, 6) is 0. The quantitative estimate of drug-likeness (QED) is 0.845. The number of benzene rings is 1. The molecule has 0 aromatic heterocycles. The van der Waals surface area contributed by atoms with Gasteiger partial charge < -0.3 is 10.4 Å². The number of hydrogen-bond acceptors (Lipinski definition) is 2. The highest BCUT2D eigenvalue weighted by atomic mass is 79.9. The number of hydrogen-bond donors (Lipinski definition) is 2. The smallest absolute Gasteiger partial charge is 0.0445 e. The lowest BCUT2D eigenvalue weighted by molar-refractivity contribution is 0.262. The third-order valence-electron chi connectivity index (χ3n) is 2.57. The molecule has 1 atom stereocenters. The molecule has 0 aliphatic carbocycles. The Bertz CT molecular complexity index is 333. The van der Waals surface area contributed by atoms with Crippen molar-refractivity contribution in [2.45, 2.75) is 32.4 Å². The summed E-state index contributed by atoms with van der Waals surface area (Å²) in [5.41, 5.74) is 1.18. The molecule has 0 heterocycles. The van der Waals surface area contributed by atoms with Gasteiger partial charge in [0.05, 0.1) is 0 Å². The van der Waals surface area contributed by atoms with E-state index in [1.54, 1.807) is 0 Å². The van der Waals surface area contributed by atoms with Gasteiger partial charge in [0.25, 0.3) is 0 Å². The van der Waals surface area contributed by atoms with Crippen LogP contribution in [0, 0.1) is 0 Å². The first-order valence-corrected chi connectivity index (χ1v) is 6.62. The number of halogens is 2. The molecule has 0 fully saturated rings. The van der Waals surface area contributed by atoms with Gasteiger partial charge in [-0.15, -0.1) is 0 Å². The average Bonchev–Trinajstić information content (AvgIpc) is 2.26. The summed E-state index contributed by atoms with van der Waals surface area (Å²) in [4.78, 5) is 0. The summed E-state index contributed by atoms with van der Waals surface area (Å²) in [5, 5.41) is 13.0. The van der Waals surface area contributed by atoms with Crippen molar-refractivity contribution >= 4 is 27.5 Å². The number of nitrogens with one attached hydrogen (secondary N) is 1. The van der Waals surface area contributed by atoms with Crippen LogP contribution in [0.15, 0.2) is 22.7 Å². The van der Waals surface area contributed by atoms with Gasteiger partial charge in [-0.3, -0.25) is 0 Å². The maximum Gasteiger partial charge on any atom is 0.0445 e. The van der Waals surface area contributed by atoms with Gasteiger partial charge >= 0.3 is 0 Å². The Balaban J connectivity index is 2.53. The van der Waals surface area contributed by atoms with E-state index in [4.69, 9.17) is 16.7 Å². The zero-order valence-electron chi connectivity index (χ0n) is 9.34. The van der Waals surface area contributed by atoms with Crippen molar-refractivity contribution in [3.05, 3.63) is 33.3 Å². The van der Waals surface area contributed by atoms with Gasteiger partial charge in [-0.1, -0.05) is 40.5 Å². The molecule has 0 aliphatic rings. The van der Waals surface area contributed by atoms with Gasteiger partial charge in [-0.05, 0) is 30.5 Å². The highest BCUT2D eigenvalue weighted by Gasteiger charge is 2.06. The highest BCUT2D eigenvalue weighted by Crippen LogP contribution is 2.21. The predicted octanol–water partition coefficient (Wildman–Crippen LogP) is 3.35. The van der Waals surface area contributed by atoms with Crippen LogP contribution in [0.3, 0.4) is 0 Å². The zero-order valence-corrected chi connectivity index (χ0v) is 11.7. The number of rotatable bonds is 6. The first-order valence-electron chi connectivity index (χ1n) is 5.45. The molecule has 0 bridgehead atoms. The number of aliphatic hydroxyl groups excluding tert-OH is 1. The van der Waals surface area contributed by atoms with Crippen molar-refractivity contribution in [2.24, 2.45) is 0 Å². The molecule has 0 radical (unpaired) electrons. The fraction of sp³-hybridized carbons (Fsp3) is 0.500. The Morgan fingerprint density at radius 2 is 2.25 bits per heavy atom. The Hall–Kier alpha value is -0.0900. The molecule has 1 aromatic rings. The molecule has 1 rings (SSSR count). The van der Waals surface area contributed by atoms with E-state index in [1.165, 1.54) is 5.56 Å². The zero-order chi connectivity index (χ0) is 12.0. The fourth-order valence-electron chi connectivity index (χ4n) is 1.53. The normalized spacial score (nSPS) is 12.8. The minimum atomic E-state index is 0.229. The molecule has 0 saturated heterocycles. The summed E-state index contributed by atoms with van der Waals surface area (Å²) < 4.78 is 1.02. The molecule has 0 amide bonds. The second-order valence-corrected chi connectivity index (χ2v) is 5.02. The van der Waals surface area contributed by atoms with Gasteiger partial charge in [-0.25, -0.2) is 0 Å². The van der Waals surface area contributed by atoms with Crippen LogP contribution in [0.25, 0.3) is 0 Å². The van der Waals surface area contributed by atoms with Crippen molar-refractivity contribution in [1.29, 1.82) is 0 Å². The van der Waals surface area contributed by atoms with Crippen molar-refractivity contribution < 1.29 is 5.11 Å². The van der Waals surface area contributed by atoms with Crippen LogP contribution in [0.5, 0.6) is 0 Å². The molecule has 2 nitrogen and oxygen atoms in total. The third-order valence-corrected chi connectivity index (χ3v) is 3.54. The average molecular weight is 307 g/mol. The van der Waals surface area contributed by atoms with E-state index in [0.717, 1.165) is 28.9 Å². The summed E-state index contributed by atoms with van der Waals surface area (Å²) in [6, 6.07) is 6.15. The topological polar surface area (TPSA) is 32.3 Å². The molecule has 1 unspecified atom stereocenters. The van der Waals surface area contributed by atoms with Crippen LogP contribution < -0.4 is 5.32 Å². The van der Waals surface area contributed by atoms with Crippen LogP contribution in [0.1, 0.15) is 25.3 Å². The maximum atomic E-state index is 8.89. The van der Waals surface area contributed by atoms with Crippen molar-refractivity contribution in [3.63, 3.8) is 0 Å². The van der Waals surface area contributed by atoms with E-state index in [-0.39, 0.29) is 6.61 Å². The molecule has 0 aliphatic heterocycles. The second kappa shape index (κ2) is 7.28. The van der Waals surface area contributed by atoms with Crippen LogP contribution >= 0.6 is 27.5 Å². The van der Waals surface area contributed by atoms with Gasteiger partial charge in [0, 0.05) is 28.7 Å². The molecular formula is C12H17BrClNO. The second-order valence-electron chi connectivity index (χ2n) is 3.73. The minimum Gasteiger partial charge on any atom is -0.396 e. The van der Waals surface area contributed by atoms with Crippen LogP contribution in [-0.4, -0.2) is 17.8 Å². The summed E-state index contributed by atoms with van der Waals surface area (Å²) >= 11 is 9.36. The van der Waals surface area contributed by atoms with Crippen LogP contribution in [0.2, 0.25) is 5.02 Å². The van der Waals surface area contributed by atoms with Gasteiger partial charge in [0.15, 0.2) is 0 Å². The van der Waals surface area contributed by atoms with E-state index >= 15 is 0 Å². The summed E-state index contributed by atoms with van der Waals surface area (Å²) in [7, 11) is 0. The summed E-state index contributed by atoms with van der Waals surface area (Å²) in [6.45, 7) is 3.13. The summed E-state index contributed by atoms with van der Waals surface area (Å²) in [6.07, 6.45) is 1.81. The molecular weight excluding hydrogens is 289 g/mol. The predicted molar refractivity (Wildman–Crippen MR) is 71.8 cm³/mol. The lowest BCUT2D eigenvalue weighted by Crippen LogP contribution is -2.28. The molecule has 16 heavy (non-hydrogen) atoms. The first-order chi connectivity index (χ1) is 7.67. The van der Waals surface area contributed by atoms with Crippen LogP contribution in [0.4, 0.5) is 0 Å². The third kappa shape index (κ3) is 4.42. The highest BCUT2D eigenvalue weighted by molar-refractivity contribution is 9.10. The van der Waals surface area contributed by atoms with E-state index in [2.05, 4.69) is 28.2 Å². The van der Waals surface area contributed by atoms with Gasteiger partial charge in [0.1, 0.15) is 0 Å². The lowest BCUT2D eigenvalue weighted by atomic mass is 10.1. The molecule has 90 valence electrons.